The highest BCUT2D eigenvalue weighted by molar-refractivity contribution is 7.16. The molecule has 3 aromatic rings. The van der Waals surface area contributed by atoms with Gasteiger partial charge in [0.2, 0.25) is 5.91 Å². The minimum Gasteiger partial charge on any atom is -0.493 e. The number of hydrogen-bond acceptors (Lipinski definition) is 6. The molecule has 1 N–H and O–H groups in total. The van der Waals surface area contributed by atoms with Crippen molar-refractivity contribution in [3.63, 3.8) is 0 Å². The van der Waals surface area contributed by atoms with E-state index in [2.05, 4.69) is 5.32 Å². The Morgan fingerprint density at radius 2 is 1.93 bits per heavy atom. The van der Waals surface area contributed by atoms with Crippen LogP contribution in [0.3, 0.4) is 0 Å². The van der Waals surface area contributed by atoms with E-state index in [1.165, 1.54) is 0 Å². The average molecular weight is 417 g/mol. The number of para-hydroxylation sites is 1. The number of carbonyl (C=O) groups is 1. The number of aromatic nitrogens is 1. The average Bonchev–Trinajstić information content (AvgIpc) is 3.33. The number of hydrogen-bond donors (Lipinski definition) is 1. The van der Waals surface area contributed by atoms with Gasteiger partial charge in [0, 0.05) is 15.7 Å². The summed E-state index contributed by atoms with van der Waals surface area (Å²) in [5.74, 6) is 1.41. The van der Waals surface area contributed by atoms with Crippen LogP contribution in [0.2, 0.25) is 0 Å². The van der Waals surface area contributed by atoms with Crippen LogP contribution in [-0.2, 0) is 11.3 Å². The largest absolute Gasteiger partial charge is 0.493 e. The van der Waals surface area contributed by atoms with Crippen LogP contribution >= 0.6 is 22.7 Å². The molecule has 0 aliphatic rings. The summed E-state index contributed by atoms with van der Waals surface area (Å²) in [6.45, 7) is 6.25. The van der Waals surface area contributed by atoms with Crippen LogP contribution in [0, 0.1) is 5.41 Å². The van der Waals surface area contributed by atoms with E-state index in [4.69, 9.17) is 14.5 Å². The van der Waals surface area contributed by atoms with Gasteiger partial charge in [-0.3, -0.25) is 4.79 Å². The number of thiazole rings is 1. The summed E-state index contributed by atoms with van der Waals surface area (Å²) in [4.78, 5) is 19.0. The second-order valence-corrected chi connectivity index (χ2v) is 9.30. The number of ether oxygens (including phenoxy) is 2. The monoisotopic (exact) mass is 416 g/mol. The fourth-order valence-corrected chi connectivity index (χ4v) is 4.43. The van der Waals surface area contributed by atoms with Crippen molar-refractivity contribution >= 4 is 28.6 Å². The fourth-order valence-electron chi connectivity index (χ4n) is 2.61. The molecular weight excluding hydrogens is 392 g/mol. The number of methoxy groups -OCH3 is 2. The van der Waals surface area contributed by atoms with Crippen LogP contribution < -0.4 is 14.8 Å². The molecule has 2 aromatic heterocycles. The van der Waals surface area contributed by atoms with Crippen LogP contribution in [0.1, 0.15) is 25.6 Å². The van der Waals surface area contributed by atoms with Crippen molar-refractivity contribution in [2.24, 2.45) is 5.41 Å². The maximum absolute atomic E-state index is 12.0. The molecule has 0 saturated carbocycles. The molecule has 7 heteroatoms. The summed E-state index contributed by atoms with van der Waals surface area (Å²) in [6, 6.07) is 9.86. The maximum atomic E-state index is 12.0. The highest BCUT2D eigenvalue weighted by atomic mass is 32.1. The first-order valence-electron chi connectivity index (χ1n) is 8.87. The molecule has 0 spiro atoms. The molecule has 0 saturated heterocycles. The molecule has 0 fully saturated rings. The first kappa shape index (κ1) is 20.4. The van der Waals surface area contributed by atoms with E-state index in [9.17, 15) is 4.79 Å². The number of nitrogens with zero attached hydrogens (tertiary/aromatic N) is 1. The standard InChI is InChI=1S/C21H24N2O3S2/c1-21(2,3)20(24)22-11-13-9-10-17(28-13)15-12-27-19(23-15)14-7-6-8-16(25-4)18(14)26-5/h6-10,12H,11H2,1-5H3,(H,22,24). The van der Waals surface area contributed by atoms with E-state index in [0.717, 1.165) is 26.0 Å². The Morgan fingerprint density at radius 3 is 2.61 bits per heavy atom. The third-order valence-electron chi connectivity index (χ3n) is 4.16. The molecular formula is C21H24N2O3S2. The lowest BCUT2D eigenvalue weighted by molar-refractivity contribution is -0.128. The van der Waals surface area contributed by atoms with Gasteiger partial charge in [0.05, 0.1) is 36.9 Å². The minimum absolute atomic E-state index is 0.0449. The van der Waals surface area contributed by atoms with E-state index in [0.29, 0.717) is 18.0 Å². The summed E-state index contributed by atoms with van der Waals surface area (Å²) in [5, 5.41) is 5.90. The number of benzene rings is 1. The Morgan fingerprint density at radius 1 is 1.14 bits per heavy atom. The van der Waals surface area contributed by atoms with E-state index in [1.807, 2.05) is 56.5 Å². The van der Waals surface area contributed by atoms with Gasteiger partial charge in [0.25, 0.3) is 0 Å². The maximum Gasteiger partial charge on any atom is 0.225 e. The smallest absolute Gasteiger partial charge is 0.225 e. The Balaban J connectivity index is 1.79. The van der Waals surface area contributed by atoms with Crippen molar-refractivity contribution in [2.45, 2.75) is 27.3 Å². The van der Waals surface area contributed by atoms with Gasteiger partial charge in [0.1, 0.15) is 5.01 Å². The molecule has 0 aliphatic heterocycles. The third-order valence-corrected chi connectivity index (χ3v) is 6.14. The first-order chi connectivity index (χ1) is 13.3. The molecule has 0 aliphatic carbocycles. The lowest BCUT2D eigenvalue weighted by atomic mass is 9.96. The number of rotatable bonds is 6. The quantitative estimate of drug-likeness (QED) is 0.599. The molecule has 148 valence electrons. The zero-order valence-electron chi connectivity index (χ0n) is 16.7. The summed E-state index contributed by atoms with van der Waals surface area (Å²) >= 11 is 3.21. The highest BCUT2D eigenvalue weighted by Crippen LogP contribution is 2.40. The van der Waals surface area contributed by atoms with Crippen molar-refractivity contribution in [2.75, 3.05) is 14.2 Å². The van der Waals surface area contributed by atoms with E-state index in [1.54, 1.807) is 36.9 Å². The Hall–Kier alpha value is -2.38. The highest BCUT2D eigenvalue weighted by Gasteiger charge is 2.21. The van der Waals surface area contributed by atoms with Gasteiger partial charge in [-0.1, -0.05) is 26.8 Å². The second-order valence-electron chi connectivity index (χ2n) is 7.28. The van der Waals surface area contributed by atoms with Crippen molar-refractivity contribution in [1.29, 1.82) is 0 Å². The number of amides is 1. The van der Waals surface area contributed by atoms with Gasteiger partial charge in [-0.05, 0) is 24.3 Å². The van der Waals surface area contributed by atoms with Crippen LogP contribution in [0.5, 0.6) is 11.5 Å². The van der Waals surface area contributed by atoms with Crippen molar-refractivity contribution in [1.82, 2.24) is 10.3 Å². The van der Waals surface area contributed by atoms with Crippen LogP contribution in [0.25, 0.3) is 21.1 Å². The zero-order valence-corrected chi connectivity index (χ0v) is 18.3. The molecule has 0 unspecified atom stereocenters. The zero-order chi connectivity index (χ0) is 20.3. The molecule has 0 bridgehead atoms. The van der Waals surface area contributed by atoms with Crippen molar-refractivity contribution in [3.05, 3.63) is 40.6 Å². The lowest BCUT2D eigenvalue weighted by Gasteiger charge is -2.17. The molecule has 3 rings (SSSR count). The lowest BCUT2D eigenvalue weighted by Crippen LogP contribution is -2.34. The van der Waals surface area contributed by atoms with E-state index >= 15 is 0 Å². The summed E-state index contributed by atoms with van der Waals surface area (Å²) in [5.41, 5.74) is 1.44. The third kappa shape index (κ3) is 4.36. The Labute approximate surface area is 173 Å². The topological polar surface area (TPSA) is 60.5 Å². The number of nitrogens with one attached hydrogen (secondary N) is 1. The first-order valence-corrected chi connectivity index (χ1v) is 10.6. The fraction of sp³-hybridized carbons (Fsp3) is 0.333. The normalized spacial score (nSPS) is 11.3. The van der Waals surface area contributed by atoms with Gasteiger partial charge in [-0.25, -0.2) is 4.98 Å². The van der Waals surface area contributed by atoms with Crippen LogP contribution in [0.15, 0.2) is 35.7 Å². The van der Waals surface area contributed by atoms with Gasteiger partial charge >= 0.3 is 0 Å². The molecule has 0 radical (unpaired) electrons. The summed E-state index contributed by atoms with van der Waals surface area (Å²) in [7, 11) is 3.26. The number of carbonyl (C=O) groups excluding carboxylic acids is 1. The summed E-state index contributed by atoms with van der Waals surface area (Å²) in [6.07, 6.45) is 0. The second kappa shape index (κ2) is 8.32. The predicted octanol–water partition coefficient (Wildman–Crippen LogP) is 5.22. The minimum atomic E-state index is -0.389. The molecule has 5 nitrogen and oxygen atoms in total. The molecule has 28 heavy (non-hydrogen) atoms. The number of thiophene rings is 1. The van der Waals surface area contributed by atoms with Crippen molar-refractivity contribution in [3.8, 4) is 32.6 Å². The molecule has 2 heterocycles. The van der Waals surface area contributed by atoms with Gasteiger partial charge < -0.3 is 14.8 Å². The molecule has 1 aromatic carbocycles. The van der Waals surface area contributed by atoms with E-state index < -0.39 is 0 Å². The Kier molecular flexibility index (Phi) is 6.05. The van der Waals surface area contributed by atoms with Gasteiger partial charge in [0.15, 0.2) is 11.5 Å². The SMILES string of the molecule is COc1cccc(-c2nc(-c3ccc(CNC(=O)C(C)(C)C)s3)cs2)c1OC. The van der Waals surface area contributed by atoms with Crippen LogP contribution in [-0.4, -0.2) is 25.1 Å². The predicted molar refractivity (Wildman–Crippen MR) is 115 cm³/mol. The van der Waals surface area contributed by atoms with Crippen molar-refractivity contribution < 1.29 is 14.3 Å². The van der Waals surface area contributed by atoms with E-state index in [-0.39, 0.29) is 11.3 Å². The summed E-state index contributed by atoms with van der Waals surface area (Å²) < 4.78 is 10.9. The van der Waals surface area contributed by atoms with Gasteiger partial charge in [-0.15, -0.1) is 22.7 Å². The van der Waals surface area contributed by atoms with Gasteiger partial charge in [-0.2, -0.15) is 0 Å². The van der Waals surface area contributed by atoms with Crippen LogP contribution in [0.4, 0.5) is 0 Å². The Bertz CT molecular complexity index is 970. The molecule has 0 atom stereocenters. The molecule has 1 amide bonds.